The van der Waals surface area contributed by atoms with Crippen molar-refractivity contribution >= 4 is 17.6 Å². The highest BCUT2D eigenvalue weighted by Gasteiger charge is 2.28. The molecule has 0 aliphatic carbocycles. The normalized spacial score (nSPS) is 15.8. The fraction of sp³-hybridized carbons (Fsp3) is 0.357. The fourth-order valence-electron chi connectivity index (χ4n) is 4.54. The van der Waals surface area contributed by atoms with Crippen LogP contribution in [-0.4, -0.2) is 61.4 Å². The van der Waals surface area contributed by atoms with E-state index in [1.54, 1.807) is 36.5 Å². The summed E-state index contributed by atoms with van der Waals surface area (Å²) in [7, 11) is 1.54. The average Bonchev–Trinajstić information content (AvgIpc) is 3.71. The van der Waals surface area contributed by atoms with Gasteiger partial charge in [0, 0.05) is 19.7 Å². The summed E-state index contributed by atoms with van der Waals surface area (Å²) in [5.41, 5.74) is 1.40. The Kier molecular flexibility index (Phi) is 7.98. The zero-order chi connectivity index (χ0) is 26.3. The summed E-state index contributed by atoms with van der Waals surface area (Å²) >= 11 is 0. The molecule has 5 rings (SSSR count). The predicted molar refractivity (Wildman–Crippen MR) is 138 cm³/mol. The number of methoxy groups -OCH3 is 1. The summed E-state index contributed by atoms with van der Waals surface area (Å²) in [6.07, 6.45) is 3.21. The second-order valence-electron chi connectivity index (χ2n) is 9.16. The van der Waals surface area contributed by atoms with Gasteiger partial charge in [0.2, 0.25) is 12.7 Å². The molecule has 10 nitrogen and oxygen atoms in total. The Balaban J connectivity index is 1.34. The van der Waals surface area contributed by atoms with Gasteiger partial charge in [-0.15, -0.1) is 0 Å². The van der Waals surface area contributed by atoms with E-state index in [-0.39, 0.29) is 31.9 Å². The number of benzene rings is 2. The molecule has 1 fully saturated rings. The van der Waals surface area contributed by atoms with Gasteiger partial charge in [-0.25, -0.2) is 4.79 Å². The summed E-state index contributed by atoms with van der Waals surface area (Å²) in [5, 5.41) is 2.89. The number of anilines is 1. The van der Waals surface area contributed by atoms with Gasteiger partial charge in [0.05, 0.1) is 31.7 Å². The highest BCUT2D eigenvalue weighted by Crippen LogP contribution is 2.33. The van der Waals surface area contributed by atoms with Gasteiger partial charge in [0.15, 0.2) is 11.5 Å². The summed E-state index contributed by atoms with van der Waals surface area (Å²) in [4.78, 5) is 30.3. The third-order valence-electron chi connectivity index (χ3n) is 6.50. The summed E-state index contributed by atoms with van der Waals surface area (Å²) in [6, 6.07) is 15.9. The number of hydrogen-bond acceptors (Lipinski definition) is 7. The molecule has 2 aromatic carbocycles. The first-order chi connectivity index (χ1) is 18.6. The zero-order valence-corrected chi connectivity index (χ0v) is 21.3. The first-order valence-corrected chi connectivity index (χ1v) is 12.6. The van der Waals surface area contributed by atoms with Crippen LogP contribution in [0, 0.1) is 0 Å². The lowest BCUT2D eigenvalue weighted by Gasteiger charge is -2.29. The molecular formula is C28H31N3O7. The van der Waals surface area contributed by atoms with Crippen LogP contribution in [0.5, 0.6) is 17.2 Å². The van der Waals surface area contributed by atoms with E-state index in [1.165, 1.54) is 4.90 Å². The Hall–Kier alpha value is -4.18. The van der Waals surface area contributed by atoms with Crippen LogP contribution in [0.2, 0.25) is 0 Å². The first kappa shape index (κ1) is 25.5. The van der Waals surface area contributed by atoms with Gasteiger partial charge in [0.25, 0.3) is 0 Å². The Morgan fingerprint density at radius 1 is 1.03 bits per heavy atom. The lowest BCUT2D eigenvalue weighted by atomic mass is 10.1. The van der Waals surface area contributed by atoms with E-state index in [0.717, 1.165) is 18.4 Å². The van der Waals surface area contributed by atoms with Gasteiger partial charge in [-0.1, -0.05) is 18.2 Å². The topological polar surface area (TPSA) is 103 Å². The Labute approximate surface area is 221 Å². The number of para-hydroxylation sites is 2. The second-order valence-corrected chi connectivity index (χ2v) is 9.16. The SMILES string of the molecule is COc1ccccc1NC(=O)N(CC(=O)N(Cc1ccc2c(c1)OCO2)Cc1ccco1)CC1CCCO1. The van der Waals surface area contributed by atoms with E-state index in [0.29, 0.717) is 48.4 Å². The van der Waals surface area contributed by atoms with E-state index in [2.05, 4.69) is 5.32 Å². The van der Waals surface area contributed by atoms with E-state index in [4.69, 9.17) is 23.4 Å². The third-order valence-corrected chi connectivity index (χ3v) is 6.50. The molecule has 10 heteroatoms. The Bertz CT molecular complexity index is 1240. The maximum absolute atomic E-state index is 13.7. The van der Waals surface area contributed by atoms with E-state index < -0.39 is 6.03 Å². The molecule has 1 N–H and O–H groups in total. The van der Waals surface area contributed by atoms with Crippen LogP contribution in [0.1, 0.15) is 24.2 Å². The van der Waals surface area contributed by atoms with Crippen LogP contribution in [0.25, 0.3) is 0 Å². The molecule has 200 valence electrons. The monoisotopic (exact) mass is 521 g/mol. The fourth-order valence-corrected chi connectivity index (χ4v) is 4.54. The molecule has 1 atom stereocenters. The van der Waals surface area contributed by atoms with Gasteiger partial charge in [-0.05, 0) is 54.8 Å². The van der Waals surface area contributed by atoms with Crippen molar-refractivity contribution in [2.24, 2.45) is 0 Å². The van der Waals surface area contributed by atoms with E-state index >= 15 is 0 Å². The number of carbonyl (C=O) groups excluding carboxylic acids is 2. The van der Waals surface area contributed by atoms with Gasteiger partial charge >= 0.3 is 6.03 Å². The maximum Gasteiger partial charge on any atom is 0.322 e. The number of hydrogen-bond donors (Lipinski definition) is 1. The Morgan fingerprint density at radius 2 is 1.89 bits per heavy atom. The second kappa shape index (κ2) is 11.9. The molecule has 0 radical (unpaired) electrons. The number of nitrogens with zero attached hydrogens (tertiary/aromatic N) is 2. The predicted octanol–water partition coefficient (Wildman–Crippen LogP) is 4.26. The number of rotatable bonds is 10. The molecule has 2 aliphatic rings. The quantitative estimate of drug-likeness (QED) is 0.425. The summed E-state index contributed by atoms with van der Waals surface area (Å²) < 4.78 is 27.6. The largest absolute Gasteiger partial charge is 0.495 e. The molecular weight excluding hydrogens is 490 g/mol. The van der Waals surface area contributed by atoms with Crippen LogP contribution in [0.4, 0.5) is 10.5 Å². The first-order valence-electron chi connectivity index (χ1n) is 12.6. The highest BCUT2D eigenvalue weighted by molar-refractivity contribution is 5.93. The molecule has 0 bridgehead atoms. The molecule has 0 saturated carbocycles. The van der Waals surface area contributed by atoms with Crippen LogP contribution in [0.3, 0.4) is 0 Å². The van der Waals surface area contributed by atoms with Crippen molar-refractivity contribution in [2.45, 2.75) is 32.0 Å². The van der Waals surface area contributed by atoms with Crippen molar-refractivity contribution in [1.29, 1.82) is 0 Å². The molecule has 2 aliphatic heterocycles. The van der Waals surface area contributed by atoms with Crippen molar-refractivity contribution in [1.82, 2.24) is 9.80 Å². The van der Waals surface area contributed by atoms with Crippen molar-refractivity contribution in [3.05, 3.63) is 72.2 Å². The molecule has 3 aromatic rings. The standard InChI is InChI=1S/C28H31N3O7/c1-34-24-9-3-2-8-23(24)29-28(33)31(17-22-7-5-13-36-22)18-27(32)30(16-21-6-4-12-35-21)15-20-10-11-25-26(14-20)38-19-37-25/h2-4,6,8-12,14,22H,5,7,13,15-19H2,1H3,(H,29,33). The lowest BCUT2D eigenvalue weighted by Crippen LogP contribution is -2.46. The van der Waals surface area contributed by atoms with E-state index in [9.17, 15) is 9.59 Å². The van der Waals surface area contributed by atoms with Crippen LogP contribution < -0.4 is 19.5 Å². The molecule has 1 unspecified atom stereocenters. The minimum absolute atomic E-state index is 0.126. The summed E-state index contributed by atoms with van der Waals surface area (Å²) in [5.74, 6) is 2.26. The zero-order valence-electron chi connectivity index (χ0n) is 21.3. The van der Waals surface area contributed by atoms with Crippen molar-refractivity contribution < 1.29 is 33.0 Å². The number of ether oxygens (including phenoxy) is 4. The number of furan rings is 1. The highest BCUT2D eigenvalue weighted by atomic mass is 16.7. The van der Waals surface area contributed by atoms with Gasteiger partial charge in [-0.3, -0.25) is 4.79 Å². The maximum atomic E-state index is 13.7. The Morgan fingerprint density at radius 3 is 2.68 bits per heavy atom. The van der Waals surface area contributed by atoms with Gasteiger partial charge in [-0.2, -0.15) is 0 Å². The molecule has 3 amide bonds. The number of nitrogens with one attached hydrogen (secondary N) is 1. The van der Waals surface area contributed by atoms with Crippen molar-refractivity contribution in [3.63, 3.8) is 0 Å². The third kappa shape index (κ3) is 6.20. The van der Waals surface area contributed by atoms with Gasteiger partial charge < -0.3 is 38.5 Å². The molecule has 38 heavy (non-hydrogen) atoms. The lowest BCUT2D eigenvalue weighted by molar-refractivity contribution is -0.133. The van der Waals surface area contributed by atoms with Crippen LogP contribution in [0.15, 0.2) is 65.3 Å². The van der Waals surface area contributed by atoms with Crippen LogP contribution in [-0.2, 0) is 22.6 Å². The number of urea groups is 1. The number of carbonyl (C=O) groups is 2. The van der Waals surface area contributed by atoms with Gasteiger partial charge in [0.1, 0.15) is 18.1 Å². The molecule has 3 heterocycles. The molecule has 0 spiro atoms. The molecule has 1 aromatic heterocycles. The number of amides is 3. The minimum Gasteiger partial charge on any atom is -0.495 e. The van der Waals surface area contributed by atoms with Crippen LogP contribution >= 0.6 is 0 Å². The minimum atomic E-state index is -0.403. The average molecular weight is 522 g/mol. The van der Waals surface area contributed by atoms with E-state index in [1.807, 2.05) is 36.4 Å². The molecule has 1 saturated heterocycles. The number of fused-ring (bicyclic) bond motifs is 1. The van der Waals surface area contributed by atoms with Crippen molar-refractivity contribution in [2.75, 3.05) is 38.9 Å². The smallest absolute Gasteiger partial charge is 0.322 e. The summed E-state index contributed by atoms with van der Waals surface area (Å²) in [6.45, 7) is 1.54. The van der Waals surface area contributed by atoms with Crippen molar-refractivity contribution in [3.8, 4) is 17.2 Å².